The van der Waals surface area contributed by atoms with Crippen LogP contribution >= 0.6 is 0 Å². The Morgan fingerprint density at radius 3 is 1.73 bits per heavy atom. The molecule has 2 bridgehead atoms. The third kappa shape index (κ3) is 6.08. The molecule has 6 heteroatoms. The lowest BCUT2D eigenvalue weighted by molar-refractivity contribution is 0.351. The number of para-hydroxylation sites is 1. The van der Waals surface area contributed by atoms with Crippen LogP contribution in [0.3, 0.4) is 0 Å². The quantitative estimate of drug-likeness (QED) is 0.108. The topological polar surface area (TPSA) is 46.8 Å². The summed E-state index contributed by atoms with van der Waals surface area (Å²) in [4.78, 5) is 18.9. The molecule has 2 fully saturated rings. The van der Waals surface area contributed by atoms with Crippen LogP contribution in [0.25, 0.3) is 50.5 Å². The van der Waals surface area contributed by atoms with Gasteiger partial charge in [0.05, 0.1) is 11.0 Å². The number of fused-ring (bicyclic) bond motifs is 5. The number of rotatable bonds is 9. The molecule has 3 atom stereocenters. The number of hydrogen-bond acceptors (Lipinski definition) is 4. The van der Waals surface area contributed by atoms with Gasteiger partial charge in [0, 0.05) is 39.7 Å². The fourth-order valence-electron chi connectivity index (χ4n) is 10.7. The number of benzene rings is 7. The molecule has 5 nitrogen and oxygen atoms in total. The predicted molar refractivity (Wildman–Crippen MR) is 251 cm³/mol. The summed E-state index contributed by atoms with van der Waals surface area (Å²) in [6.07, 6.45) is 6.38. The maximum Gasteiger partial charge on any atom is 0.238 e. The van der Waals surface area contributed by atoms with E-state index >= 15 is 0 Å². The highest BCUT2D eigenvalue weighted by Gasteiger charge is 2.42. The number of hydrogen-bond donors (Lipinski definition) is 0. The third-order valence-electron chi connectivity index (χ3n) is 13.4. The smallest absolute Gasteiger partial charge is 0.238 e. The second-order valence-corrected chi connectivity index (χ2v) is 20.5. The number of nitrogens with zero attached hydrogens (tertiary/aromatic N) is 5. The Morgan fingerprint density at radius 2 is 1.07 bits per heavy atom. The molecule has 1 saturated heterocycles. The molecule has 11 rings (SSSR count). The fourth-order valence-corrected chi connectivity index (χ4v) is 15.5. The van der Waals surface area contributed by atoms with Gasteiger partial charge in [-0.3, -0.25) is 4.57 Å². The molecular formula is C54H47N5Si. The normalized spacial score (nSPS) is 17.7. The minimum Gasteiger partial charge on any atom is -0.365 e. The molecule has 9 aromatic rings. The van der Waals surface area contributed by atoms with Gasteiger partial charge in [0.15, 0.2) is 19.7 Å². The standard InChI is InChI=1S/C54H47N5Si/c1-2-41-34-38-30-31-42(35-38)58(41)43-32-33-49-48-28-15-16-29-50(48)59(51(49)37-43)54-56-52(39-18-7-3-8-19-39)55-53(57-54)40-20-17-27-47(36-40)60(44-21-9-4-10-22-44,45-23-11-5-12-24-45)46-25-13-6-14-26-46/h3-29,32-33,36-38,41-42H,2,30-31,34-35H2,1H3. The summed E-state index contributed by atoms with van der Waals surface area (Å²) in [5.41, 5.74) is 5.43. The van der Waals surface area contributed by atoms with Crippen LogP contribution in [-0.2, 0) is 0 Å². The van der Waals surface area contributed by atoms with Crippen molar-refractivity contribution in [3.05, 3.63) is 188 Å². The first kappa shape index (κ1) is 36.4. The second kappa shape index (κ2) is 15.2. The van der Waals surface area contributed by atoms with Crippen molar-refractivity contribution >= 4 is 56.3 Å². The summed E-state index contributed by atoms with van der Waals surface area (Å²) in [6, 6.07) is 69.6. The Hall–Kier alpha value is -6.63. The Balaban J connectivity index is 1.14. The van der Waals surface area contributed by atoms with Gasteiger partial charge in [-0.1, -0.05) is 177 Å². The van der Waals surface area contributed by atoms with Crippen LogP contribution in [0, 0.1) is 5.92 Å². The van der Waals surface area contributed by atoms with E-state index in [9.17, 15) is 0 Å². The minimum absolute atomic E-state index is 0.561. The van der Waals surface area contributed by atoms with Gasteiger partial charge in [-0.05, 0) is 77.0 Å². The van der Waals surface area contributed by atoms with Crippen LogP contribution in [0.15, 0.2) is 188 Å². The van der Waals surface area contributed by atoms with Crippen molar-refractivity contribution in [2.75, 3.05) is 4.90 Å². The molecule has 0 N–H and O–H groups in total. The van der Waals surface area contributed by atoms with E-state index < -0.39 is 8.07 Å². The predicted octanol–water partition coefficient (Wildman–Crippen LogP) is 9.84. The van der Waals surface area contributed by atoms with Crippen molar-refractivity contribution in [2.45, 2.75) is 51.1 Å². The minimum atomic E-state index is -2.80. The zero-order chi connectivity index (χ0) is 40.0. The first-order valence-electron chi connectivity index (χ1n) is 21.6. The summed E-state index contributed by atoms with van der Waals surface area (Å²) in [5, 5.41) is 7.66. The van der Waals surface area contributed by atoms with E-state index in [-0.39, 0.29) is 0 Å². The maximum atomic E-state index is 5.47. The molecule has 292 valence electrons. The molecule has 1 aliphatic carbocycles. The van der Waals surface area contributed by atoms with Crippen LogP contribution in [-0.4, -0.2) is 39.7 Å². The van der Waals surface area contributed by atoms with Gasteiger partial charge in [0.1, 0.15) is 0 Å². The van der Waals surface area contributed by atoms with Crippen LogP contribution in [0.5, 0.6) is 0 Å². The van der Waals surface area contributed by atoms with E-state index in [0.717, 1.165) is 34.5 Å². The average molecular weight is 794 g/mol. The zero-order valence-electron chi connectivity index (χ0n) is 33.9. The van der Waals surface area contributed by atoms with E-state index in [4.69, 9.17) is 15.0 Å². The Kier molecular flexibility index (Phi) is 9.23. The van der Waals surface area contributed by atoms with Crippen molar-refractivity contribution in [2.24, 2.45) is 5.92 Å². The lowest BCUT2D eigenvalue weighted by atomic mass is 9.90. The molecule has 0 spiro atoms. The molecule has 2 aliphatic rings. The zero-order valence-corrected chi connectivity index (χ0v) is 34.9. The average Bonchev–Trinajstić information content (AvgIpc) is 3.87. The van der Waals surface area contributed by atoms with Crippen molar-refractivity contribution in [3.63, 3.8) is 0 Å². The van der Waals surface area contributed by atoms with Gasteiger partial charge in [-0.15, -0.1) is 0 Å². The number of anilines is 1. The van der Waals surface area contributed by atoms with Crippen molar-refractivity contribution in [1.82, 2.24) is 19.5 Å². The number of aromatic nitrogens is 4. The molecule has 2 aromatic heterocycles. The Bertz CT molecular complexity index is 2850. The summed E-state index contributed by atoms with van der Waals surface area (Å²) < 4.78 is 2.29. The Morgan fingerprint density at radius 1 is 0.500 bits per heavy atom. The molecule has 3 unspecified atom stereocenters. The summed E-state index contributed by atoms with van der Waals surface area (Å²) in [6.45, 7) is 2.36. The molecule has 3 heterocycles. The molecule has 60 heavy (non-hydrogen) atoms. The molecule has 7 aromatic carbocycles. The second-order valence-electron chi connectivity index (χ2n) is 16.7. The van der Waals surface area contributed by atoms with E-state index in [2.05, 4.69) is 198 Å². The van der Waals surface area contributed by atoms with Gasteiger partial charge < -0.3 is 4.90 Å². The molecule has 0 amide bonds. The highest BCUT2D eigenvalue weighted by atomic mass is 28.3. The van der Waals surface area contributed by atoms with Crippen LogP contribution < -0.4 is 25.6 Å². The van der Waals surface area contributed by atoms with Gasteiger partial charge in [0.2, 0.25) is 5.95 Å². The van der Waals surface area contributed by atoms with E-state index in [0.29, 0.717) is 29.7 Å². The molecule has 1 saturated carbocycles. The highest BCUT2D eigenvalue weighted by Crippen LogP contribution is 2.44. The van der Waals surface area contributed by atoms with Crippen LogP contribution in [0.2, 0.25) is 0 Å². The number of piperidine rings is 1. The fraction of sp³-hybridized carbons (Fsp3) is 0.167. The lowest BCUT2D eigenvalue weighted by Crippen LogP contribution is -2.74. The summed E-state index contributed by atoms with van der Waals surface area (Å²) in [7, 11) is -2.80. The molecule has 1 aliphatic heterocycles. The summed E-state index contributed by atoms with van der Waals surface area (Å²) >= 11 is 0. The SMILES string of the molecule is CCC1CC2CCC(C2)N1c1ccc2c3ccccc3n(-c3nc(-c4ccccc4)nc(-c4cccc([Si](c5ccccc5)(c5ccccc5)c5ccccc5)c4)n3)c2c1. The molecule has 0 radical (unpaired) electrons. The first-order chi connectivity index (χ1) is 29.7. The van der Waals surface area contributed by atoms with Crippen molar-refractivity contribution < 1.29 is 0 Å². The molecular weight excluding hydrogens is 747 g/mol. The van der Waals surface area contributed by atoms with Crippen LogP contribution in [0.4, 0.5) is 5.69 Å². The van der Waals surface area contributed by atoms with Gasteiger partial charge in [0.25, 0.3) is 0 Å². The van der Waals surface area contributed by atoms with Gasteiger partial charge >= 0.3 is 0 Å². The summed E-state index contributed by atoms with van der Waals surface area (Å²) in [5.74, 6) is 2.79. The van der Waals surface area contributed by atoms with Crippen molar-refractivity contribution in [1.29, 1.82) is 0 Å². The lowest BCUT2D eigenvalue weighted by Gasteiger charge is -2.42. The maximum absolute atomic E-state index is 5.47. The van der Waals surface area contributed by atoms with Crippen LogP contribution in [0.1, 0.15) is 39.0 Å². The van der Waals surface area contributed by atoms with E-state index in [1.54, 1.807) is 0 Å². The monoisotopic (exact) mass is 793 g/mol. The third-order valence-corrected chi connectivity index (χ3v) is 18.1. The Labute approximate surface area is 353 Å². The largest absolute Gasteiger partial charge is 0.365 e. The van der Waals surface area contributed by atoms with E-state index in [1.807, 2.05) is 6.07 Å². The first-order valence-corrected chi connectivity index (χ1v) is 23.6. The highest BCUT2D eigenvalue weighted by molar-refractivity contribution is 7.19. The van der Waals surface area contributed by atoms with E-state index in [1.165, 1.54) is 62.9 Å². The van der Waals surface area contributed by atoms with Crippen molar-refractivity contribution in [3.8, 4) is 28.7 Å². The van der Waals surface area contributed by atoms with Gasteiger partial charge in [-0.25, -0.2) is 4.98 Å². The van der Waals surface area contributed by atoms with Gasteiger partial charge in [-0.2, -0.15) is 9.97 Å².